The average Bonchev–Trinajstić information content (AvgIpc) is 4.06. The van der Waals surface area contributed by atoms with E-state index in [-0.39, 0.29) is 33.4 Å². The van der Waals surface area contributed by atoms with E-state index in [0.29, 0.717) is 21.5 Å². The normalized spacial score (nSPS) is 14.4. The van der Waals surface area contributed by atoms with Crippen LogP contribution in [0.15, 0.2) is 71.8 Å². The minimum atomic E-state index is -1.03. The number of aryl methyl sites for hydroxylation is 2. The Bertz CT molecular complexity index is 3420. The third-order valence-electron chi connectivity index (χ3n) is 11.3. The number of benzene rings is 4. The molecule has 0 bridgehead atoms. The first-order chi connectivity index (χ1) is 27.8. The minimum absolute atomic E-state index is 0.00921. The second-order valence-corrected chi connectivity index (χ2v) is 18.7. The molecule has 0 unspecified atom stereocenters. The molecule has 2 aliphatic carbocycles. The summed E-state index contributed by atoms with van der Waals surface area (Å²) in [6, 6.07) is 13.8. The van der Waals surface area contributed by atoms with Crippen LogP contribution in [0.1, 0.15) is 51.2 Å². The van der Waals surface area contributed by atoms with E-state index in [1.54, 1.807) is 34.8 Å². The number of carbonyl (C=O) groups is 4. The number of Topliss-reactive ketones (excluding diaryl/α,β-unsaturated/α-hetero) is 4. The summed E-state index contributed by atoms with van der Waals surface area (Å²) >= 11 is 6.33. The van der Waals surface area contributed by atoms with E-state index in [0.717, 1.165) is 84.3 Å². The fourth-order valence-electron chi connectivity index (χ4n) is 8.51. The molecule has 2 aliphatic rings. The number of rotatable bonds is 2. The van der Waals surface area contributed by atoms with E-state index in [9.17, 15) is 36.7 Å². The number of carbonyl (C=O) groups excluding carboxylic acids is 4. The molecule has 0 saturated heterocycles. The molecule has 0 atom stereocenters. The Morgan fingerprint density at radius 2 is 0.707 bits per heavy atom. The summed E-state index contributed by atoms with van der Waals surface area (Å²) in [5.41, 5.74) is 4.76. The van der Waals surface area contributed by atoms with Crippen molar-refractivity contribution < 1.29 is 36.7 Å². The van der Waals surface area contributed by atoms with Crippen LogP contribution in [-0.4, -0.2) is 32.3 Å². The lowest BCUT2D eigenvalue weighted by molar-refractivity contribution is 0.0975. The lowest BCUT2D eigenvalue weighted by atomic mass is 10.0. The van der Waals surface area contributed by atoms with Gasteiger partial charge in [0, 0.05) is 46.1 Å². The van der Waals surface area contributed by atoms with Crippen molar-refractivity contribution in [2.24, 2.45) is 14.1 Å². The second kappa shape index (κ2) is 11.3. The van der Waals surface area contributed by atoms with Crippen LogP contribution in [0, 0.1) is 23.3 Å². The van der Waals surface area contributed by atoms with Gasteiger partial charge in [0.15, 0.2) is 46.4 Å². The van der Waals surface area contributed by atoms with Crippen LogP contribution < -0.4 is 0 Å². The Labute approximate surface area is 337 Å². The molecule has 12 rings (SSSR count). The van der Waals surface area contributed by atoms with Crippen molar-refractivity contribution in [3.05, 3.63) is 127 Å². The standard InChI is InChI=1S/C44H18F4N2O4S4/c1-49-31-13-19(11-25-35(51)21-3-15-7-27(45)28(46)8-16(15)4-22(21)36(25)52)55-39(31)41-33(49)43-44(57-41)34-42(58-43)40-32(50(34)2)14-20(56-40)12-26-37(53)23-5-17-9-29(47)30(48)10-18(17)6-24(23)38(26)54/h3-14H,1-2H3. The number of ketones is 4. The SMILES string of the molecule is Cn1c2cc(C=C3C(=O)c4cc5cc(F)c(F)cc5cc4C3=O)sc2c2sc3c(sc4c5sc(C=C6C(=O)c7cc8cc(F)c(F)cc8cc7C6=O)cc5n(C)c43)c21. The van der Waals surface area contributed by atoms with E-state index in [4.69, 9.17) is 0 Å². The molecule has 280 valence electrons. The predicted molar refractivity (Wildman–Crippen MR) is 224 cm³/mol. The summed E-state index contributed by atoms with van der Waals surface area (Å²) in [6.45, 7) is 0. The quantitative estimate of drug-likeness (QED) is 0.0986. The van der Waals surface area contributed by atoms with Gasteiger partial charge >= 0.3 is 0 Å². The highest BCUT2D eigenvalue weighted by Gasteiger charge is 2.36. The minimum Gasteiger partial charge on any atom is -0.341 e. The summed E-state index contributed by atoms with van der Waals surface area (Å²) in [4.78, 5) is 55.3. The smallest absolute Gasteiger partial charge is 0.197 e. The molecule has 0 N–H and O–H groups in total. The van der Waals surface area contributed by atoms with Gasteiger partial charge in [0.25, 0.3) is 0 Å². The van der Waals surface area contributed by atoms with E-state index in [2.05, 4.69) is 9.13 Å². The van der Waals surface area contributed by atoms with Crippen LogP contribution >= 0.6 is 45.3 Å². The first-order valence-corrected chi connectivity index (χ1v) is 20.9. The van der Waals surface area contributed by atoms with Crippen LogP contribution in [-0.2, 0) is 14.1 Å². The highest BCUT2D eigenvalue weighted by atomic mass is 32.1. The fraction of sp³-hybridized carbons (Fsp3) is 0.0455. The van der Waals surface area contributed by atoms with Crippen molar-refractivity contribution in [2.45, 2.75) is 0 Å². The van der Waals surface area contributed by atoms with Crippen molar-refractivity contribution in [3.8, 4) is 0 Å². The molecule has 6 nitrogen and oxygen atoms in total. The molecular weight excluding hydrogens is 825 g/mol. The number of hydrogen-bond acceptors (Lipinski definition) is 8. The molecule has 6 heterocycles. The zero-order valence-corrected chi connectivity index (χ0v) is 32.9. The molecule has 14 heteroatoms. The third kappa shape index (κ3) is 4.34. The van der Waals surface area contributed by atoms with E-state index in [1.165, 1.54) is 46.9 Å². The number of allylic oxidation sites excluding steroid dienone is 2. The fourth-order valence-corrected chi connectivity index (χ4v) is 14.1. The molecule has 0 fully saturated rings. The summed E-state index contributed by atoms with van der Waals surface area (Å²) in [6.07, 6.45) is 3.21. The van der Waals surface area contributed by atoms with Gasteiger partial charge in [0.1, 0.15) is 0 Å². The largest absolute Gasteiger partial charge is 0.341 e. The number of nitrogens with zero attached hydrogens (tertiary/aromatic N) is 2. The van der Waals surface area contributed by atoms with Crippen LogP contribution in [0.2, 0.25) is 0 Å². The molecular formula is C44H18F4N2O4S4. The maximum absolute atomic E-state index is 13.9. The number of halogens is 4. The van der Waals surface area contributed by atoms with Crippen LogP contribution in [0.4, 0.5) is 17.6 Å². The molecule has 10 aromatic rings. The van der Waals surface area contributed by atoms with Gasteiger partial charge in [-0.1, -0.05) is 0 Å². The van der Waals surface area contributed by atoms with Gasteiger partial charge in [0.05, 0.1) is 61.4 Å². The Morgan fingerprint density at radius 1 is 0.414 bits per heavy atom. The van der Waals surface area contributed by atoms with Crippen molar-refractivity contribution in [1.82, 2.24) is 9.13 Å². The first kappa shape index (κ1) is 34.0. The van der Waals surface area contributed by atoms with Gasteiger partial charge in [-0.05, 0) is 94.4 Å². The number of hydrogen-bond donors (Lipinski definition) is 0. The zero-order chi connectivity index (χ0) is 39.8. The summed E-state index contributed by atoms with van der Waals surface area (Å²) in [7, 11) is 3.98. The van der Waals surface area contributed by atoms with Crippen LogP contribution in [0.25, 0.3) is 84.0 Å². The van der Waals surface area contributed by atoms with Crippen molar-refractivity contribution in [3.63, 3.8) is 0 Å². The van der Waals surface area contributed by atoms with Crippen LogP contribution in [0.5, 0.6) is 0 Å². The van der Waals surface area contributed by atoms with E-state index < -0.39 is 46.4 Å². The van der Waals surface area contributed by atoms with Crippen molar-refractivity contribution in [2.75, 3.05) is 0 Å². The van der Waals surface area contributed by atoms with Gasteiger partial charge in [-0.15, -0.1) is 45.3 Å². The Morgan fingerprint density at radius 3 is 1.02 bits per heavy atom. The molecule has 0 saturated carbocycles. The molecule has 0 amide bonds. The average molecular weight is 843 g/mol. The maximum Gasteiger partial charge on any atom is 0.197 e. The third-order valence-corrected chi connectivity index (χ3v) is 16.3. The lowest BCUT2D eigenvalue weighted by Gasteiger charge is -2.02. The number of thiophene rings is 4. The Kier molecular flexibility index (Phi) is 6.64. The maximum atomic E-state index is 13.9. The van der Waals surface area contributed by atoms with Gasteiger partial charge in [0.2, 0.25) is 0 Å². The van der Waals surface area contributed by atoms with Gasteiger partial charge in [-0.25, -0.2) is 17.6 Å². The van der Waals surface area contributed by atoms with Gasteiger partial charge < -0.3 is 9.13 Å². The summed E-state index contributed by atoms with van der Waals surface area (Å²) < 4.78 is 66.5. The van der Waals surface area contributed by atoms with Crippen molar-refractivity contribution in [1.29, 1.82) is 0 Å². The number of aromatic nitrogens is 2. The highest BCUT2D eigenvalue weighted by molar-refractivity contribution is 7.40. The second-order valence-electron chi connectivity index (χ2n) is 14.5. The van der Waals surface area contributed by atoms with Gasteiger partial charge in [-0.2, -0.15) is 0 Å². The monoisotopic (exact) mass is 842 g/mol. The highest BCUT2D eigenvalue weighted by Crippen LogP contribution is 2.52. The van der Waals surface area contributed by atoms with Crippen molar-refractivity contribution >= 4 is 152 Å². The summed E-state index contributed by atoms with van der Waals surface area (Å²) in [5.74, 6) is -5.91. The molecule has 58 heavy (non-hydrogen) atoms. The topological polar surface area (TPSA) is 78.1 Å². The first-order valence-electron chi connectivity index (χ1n) is 17.7. The lowest BCUT2D eigenvalue weighted by Crippen LogP contribution is -1.99. The van der Waals surface area contributed by atoms with Gasteiger partial charge in [-0.3, -0.25) is 19.2 Å². The molecule has 0 radical (unpaired) electrons. The molecule has 0 aliphatic heterocycles. The van der Waals surface area contributed by atoms with Crippen LogP contribution in [0.3, 0.4) is 0 Å². The molecule has 0 spiro atoms. The molecule has 4 aromatic carbocycles. The predicted octanol–water partition coefficient (Wildman–Crippen LogP) is 12.2. The Hall–Kier alpha value is -6.06. The zero-order valence-electron chi connectivity index (χ0n) is 29.6. The van der Waals surface area contributed by atoms with E-state index in [1.807, 2.05) is 26.2 Å². The van der Waals surface area contributed by atoms with E-state index >= 15 is 0 Å². The summed E-state index contributed by atoms with van der Waals surface area (Å²) in [5, 5.41) is 1.35. The molecule has 6 aromatic heterocycles. The Balaban J connectivity index is 0.916. The number of fused-ring (bicyclic) bond motifs is 13.